The summed E-state index contributed by atoms with van der Waals surface area (Å²) in [5.41, 5.74) is 2.91. The van der Waals surface area contributed by atoms with Crippen molar-refractivity contribution >= 4 is 8.07 Å². The predicted octanol–water partition coefficient (Wildman–Crippen LogP) is 3.69. The zero-order chi connectivity index (χ0) is 10.9. The molecule has 0 saturated heterocycles. The van der Waals surface area contributed by atoms with E-state index >= 15 is 0 Å². The summed E-state index contributed by atoms with van der Waals surface area (Å²) in [4.78, 5) is 0. The Kier molecular flexibility index (Phi) is 3.01. The molecule has 1 aromatic rings. The van der Waals surface area contributed by atoms with Gasteiger partial charge in [-0.3, -0.25) is 0 Å². The van der Waals surface area contributed by atoms with Crippen molar-refractivity contribution in [3.05, 3.63) is 66.6 Å². The average molecular weight is 213 g/mol. The van der Waals surface area contributed by atoms with Gasteiger partial charge in [-0.15, -0.1) is 0 Å². The average Bonchev–Trinajstić information content (AvgIpc) is 2.67. The maximum atomic E-state index is 2.40. The van der Waals surface area contributed by atoms with E-state index in [1.54, 1.807) is 5.54 Å². The molecule has 2 rings (SSSR count). The lowest BCUT2D eigenvalue weighted by Gasteiger charge is -2.29. The molecule has 1 aliphatic rings. The first kappa shape index (κ1) is 10.9. The molecule has 0 N–H and O–H groups in total. The molecule has 0 aliphatic heterocycles. The van der Waals surface area contributed by atoms with Crippen LogP contribution in [0.5, 0.6) is 0 Å². The van der Waals surface area contributed by atoms with Crippen LogP contribution in [0, 0.1) is 30.7 Å². The molecule has 0 nitrogen and oxygen atoms in total. The summed E-state index contributed by atoms with van der Waals surface area (Å²) in [5, 5.41) is 0. The summed E-state index contributed by atoms with van der Waals surface area (Å²) in [6, 6.07) is 10.7. The van der Waals surface area contributed by atoms with Crippen LogP contribution in [0.15, 0.2) is 30.3 Å². The van der Waals surface area contributed by atoms with E-state index in [1.807, 2.05) is 0 Å². The van der Waals surface area contributed by atoms with Crippen molar-refractivity contribution in [2.75, 3.05) is 0 Å². The fourth-order valence-electron chi connectivity index (χ4n) is 1.94. The third kappa shape index (κ3) is 2.33. The molecule has 77 valence electrons. The summed E-state index contributed by atoms with van der Waals surface area (Å²) in [7, 11) is -1.21. The van der Waals surface area contributed by atoms with E-state index in [2.05, 4.69) is 69.2 Å². The molecule has 1 heteroatoms. The van der Waals surface area contributed by atoms with Crippen LogP contribution in [0.2, 0.25) is 19.6 Å². The van der Waals surface area contributed by atoms with Crippen molar-refractivity contribution in [2.24, 2.45) is 0 Å². The highest BCUT2D eigenvalue weighted by Gasteiger charge is 2.39. The van der Waals surface area contributed by atoms with Crippen molar-refractivity contribution in [3.63, 3.8) is 0 Å². The quantitative estimate of drug-likeness (QED) is 0.657. The van der Waals surface area contributed by atoms with E-state index in [1.165, 1.54) is 11.5 Å². The van der Waals surface area contributed by atoms with Gasteiger partial charge in [0.25, 0.3) is 0 Å². The van der Waals surface area contributed by atoms with Gasteiger partial charge >= 0.3 is 0 Å². The zero-order valence-electron chi connectivity index (χ0n) is 9.62. The first-order valence-electron chi connectivity index (χ1n) is 5.40. The minimum absolute atomic E-state index is 1.21. The lowest BCUT2D eigenvalue weighted by Crippen LogP contribution is -2.33. The largest absolute Gasteiger partial charge is 0.0691 e. The fourth-order valence-corrected chi connectivity index (χ4v) is 3.58. The van der Waals surface area contributed by atoms with E-state index in [0.29, 0.717) is 0 Å². The third-order valence-corrected chi connectivity index (χ3v) is 4.76. The highest BCUT2D eigenvalue weighted by atomic mass is 28.3. The van der Waals surface area contributed by atoms with Gasteiger partial charge in [-0.05, 0) is 30.4 Å². The maximum absolute atomic E-state index is 2.40. The molecule has 0 unspecified atom stereocenters. The predicted molar refractivity (Wildman–Crippen MR) is 68.3 cm³/mol. The maximum Gasteiger partial charge on any atom is 0.0525 e. The summed E-state index contributed by atoms with van der Waals surface area (Å²) < 4.78 is 0. The number of benzene rings is 1. The van der Waals surface area contributed by atoms with Crippen molar-refractivity contribution in [2.45, 2.75) is 19.6 Å². The molecule has 1 fully saturated rings. The van der Waals surface area contributed by atoms with Gasteiger partial charge < -0.3 is 0 Å². The lowest BCUT2D eigenvalue weighted by atomic mass is 9.97. The van der Waals surface area contributed by atoms with Crippen LogP contribution in [0.3, 0.4) is 0 Å². The van der Waals surface area contributed by atoms with Gasteiger partial charge in [-0.2, -0.15) is 0 Å². The van der Waals surface area contributed by atoms with Crippen LogP contribution in [-0.2, 0) is 0 Å². The Morgan fingerprint density at radius 1 is 0.867 bits per heavy atom. The Morgan fingerprint density at radius 2 is 1.53 bits per heavy atom. The highest BCUT2D eigenvalue weighted by molar-refractivity contribution is 6.83. The van der Waals surface area contributed by atoms with Crippen LogP contribution in [0.4, 0.5) is 0 Å². The van der Waals surface area contributed by atoms with E-state index < -0.39 is 8.07 Å². The Morgan fingerprint density at radius 3 is 2.13 bits per heavy atom. The highest BCUT2D eigenvalue weighted by Crippen LogP contribution is 2.43. The molecule has 0 spiro atoms. The Hall–Kier alpha value is -0.563. The molecule has 0 atom stereocenters. The lowest BCUT2D eigenvalue weighted by molar-refractivity contribution is 1.21. The minimum Gasteiger partial charge on any atom is -0.0691 e. The SMILES string of the molecule is C[Si](C)(C)[C]1[CH][CH][CH][C]1c1ccccc1. The van der Waals surface area contributed by atoms with Crippen LogP contribution in [0.25, 0.3) is 0 Å². The monoisotopic (exact) mass is 213 g/mol. The number of hydrogen-bond donors (Lipinski definition) is 0. The molecule has 15 heavy (non-hydrogen) atoms. The van der Waals surface area contributed by atoms with E-state index in [-0.39, 0.29) is 0 Å². The van der Waals surface area contributed by atoms with Crippen molar-refractivity contribution in [1.82, 2.24) is 0 Å². The zero-order valence-corrected chi connectivity index (χ0v) is 10.6. The van der Waals surface area contributed by atoms with Gasteiger partial charge in [-0.25, -0.2) is 0 Å². The fraction of sp³-hybridized carbons (Fsp3) is 0.214. The van der Waals surface area contributed by atoms with Gasteiger partial charge in [0.05, 0.1) is 8.07 Å². The smallest absolute Gasteiger partial charge is 0.0525 e. The van der Waals surface area contributed by atoms with Crippen LogP contribution in [0.1, 0.15) is 5.56 Å². The number of rotatable bonds is 2. The van der Waals surface area contributed by atoms with Crippen molar-refractivity contribution < 1.29 is 0 Å². The second-order valence-corrected chi connectivity index (χ2v) is 10.0. The van der Waals surface area contributed by atoms with Crippen LogP contribution < -0.4 is 0 Å². The van der Waals surface area contributed by atoms with E-state index in [9.17, 15) is 0 Å². The summed E-state index contributed by atoms with van der Waals surface area (Å²) in [6.07, 6.45) is 6.70. The van der Waals surface area contributed by atoms with E-state index in [0.717, 1.165) is 0 Å². The van der Waals surface area contributed by atoms with Crippen molar-refractivity contribution in [1.29, 1.82) is 0 Å². The number of hydrogen-bond acceptors (Lipinski definition) is 0. The van der Waals surface area contributed by atoms with Crippen LogP contribution in [-0.4, -0.2) is 8.07 Å². The third-order valence-electron chi connectivity index (χ3n) is 2.71. The van der Waals surface area contributed by atoms with Gasteiger partial charge in [0.1, 0.15) is 0 Å². The molecule has 5 radical (unpaired) electrons. The normalized spacial score (nSPS) is 19.7. The molecule has 0 heterocycles. The summed E-state index contributed by atoms with van der Waals surface area (Å²) >= 11 is 0. The molecule has 1 saturated carbocycles. The van der Waals surface area contributed by atoms with Gasteiger partial charge in [0.15, 0.2) is 0 Å². The molecule has 0 aromatic heterocycles. The molecule has 1 aliphatic carbocycles. The summed E-state index contributed by atoms with van der Waals surface area (Å²) in [6.45, 7) is 7.19. The molecular weight excluding hydrogens is 196 g/mol. The van der Waals surface area contributed by atoms with Gasteiger partial charge in [-0.1, -0.05) is 50.0 Å². The van der Waals surface area contributed by atoms with Crippen molar-refractivity contribution in [3.8, 4) is 0 Å². The first-order chi connectivity index (χ1) is 7.09. The van der Waals surface area contributed by atoms with Gasteiger partial charge in [0, 0.05) is 5.92 Å². The topological polar surface area (TPSA) is 0 Å². The molecular formula is C14H17Si. The summed E-state index contributed by atoms with van der Waals surface area (Å²) in [5.74, 6) is 1.43. The Bertz CT molecular complexity index is 310. The van der Waals surface area contributed by atoms with E-state index in [4.69, 9.17) is 0 Å². The first-order valence-corrected chi connectivity index (χ1v) is 8.90. The molecule has 0 amide bonds. The van der Waals surface area contributed by atoms with Gasteiger partial charge in [0.2, 0.25) is 0 Å². The Labute approximate surface area is 94.7 Å². The second-order valence-electron chi connectivity index (χ2n) is 4.97. The molecule has 1 aromatic carbocycles. The molecule has 0 bridgehead atoms. The Balaban J connectivity index is 2.23. The standard InChI is InChI=1S/C14H17Si/c1-15(2,3)14-11-7-10-13(14)12-8-5-4-6-9-12/h4-11H,1-3H3. The van der Waals surface area contributed by atoms with Crippen LogP contribution >= 0.6 is 0 Å². The minimum atomic E-state index is -1.21. The second kappa shape index (κ2) is 4.13.